The van der Waals surface area contributed by atoms with E-state index in [1.165, 1.54) is 6.42 Å². The van der Waals surface area contributed by atoms with Gasteiger partial charge < -0.3 is 21.0 Å². The Morgan fingerprint density at radius 3 is 2.55 bits per heavy atom. The lowest BCUT2D eigenvalue weighted by molar-refractivity contribution is -0.155. The normalized spacial score (nSPS) is 20.1. The fourth-order valence-electron chi connectivity index (χ4n) is 2.23. The van der Waals surface area contributed by atoms with E-state index >= 15 is 0 Å². The first-order valence-electron chi connectivity index (χ1n) is 6.81. The molecule has 0 aromatic rings. The van der Waals surface area contributed by atoms with Gasteiger partial charge in [-0.2, -0.15) is 13.2 Å². The molecule has 8 heteroatoms. The summed E-state index contributed by atoms with van der Waals surface area (Å²) in [5.41, 5.74) is 5.04. The quantitative estimate of drug-likeness (QED) is 0.220. The molecule has 0 amide bonds. The number of oxime groups is 1. The van der Waals surface area contributed by atoms with E-state index in [0.29, 0.717) is 13.2 Å². The van der Waals surface area contributed by atoms with Crippen molar-refractivity contribution >= 4 is 5.84 Å². The highest BCUT2D eigenvalue weighted by Crippen LogP contribution is 2.25. The van der Waals surface area contributed by atoms with Crippen molar-refractivity contribution in [1.29, 1.82) is 0 Å². The molecule has 0 heterocycles. The van der Waals surface area contributed by atoms with Crippen molar-refractivity contribution in [2.24, 2.45) is 16.8 Å². The van der Waals surface area contributed by atoms with Gasteiger partial charge in [0.15, 0.2) is 5.84 Å². The first-order valence-corrected chi connectivity index (χ1v) is 6.81. The third-order valence-corrected chi connectivity index (χ3v) is 3.40. The Labute approximate surface area is 116 Å². The van der Waals surface area contributed by atoms with Crippen LogP contribution in [0.2, 0.25) is 0 Å². The lowest BCUT2D eigenvalue weighted by atomic mass is 9.98. The Hall–Kier alpha value is -1.02. The second-order valence-corrected chi connectivity index (χ2v) is 4.95. The van der Waals surface area contributed by atoms with Gasteiger partial charge in [0.05, 0.1) is 12.7 Å². The van der Waals surface area contributed by atoms with Crippen molar-refractivity contribution in [3.05, 3.63) is 0 Å². The smallest absolute Gasteiger partial charge is 0.400 e. The summed E-state index contributed by atoms with van der Waals surface area (Å²) in [4.78, 5) is 0. The first-order chi connectivity index (χ1) is 9.45. The third kappa shape index (κ3) is 5.96. The Morgan fingerprint density at radius 2 is 2.00 bits per heavy atom. The number of nitrogens with zero attached hydrogens (tertiary/aromatic N) is 1. The van der Waals surface area contributed by atoms with Crippen molar-refractivity contribution in [1.82, 2.24) is 5.32 Å². The third-order valence-electron chi connectivity index (χ3n) is 3.40. The van der Waals surface area contributed by atoms with Crippen molar-refractivity contribution in [2.75, 3.05) is 19.7 Å². The molecule has 1 rings (SSSR count). The molecule has 5 nitrogen and oxygen atoms in total. The molecular weight excluding hydrogens is 275 g/mol. The molecule has 4 N–H and O–H groups in total. The van der Waals surface area contributed by atoms with Crippen molar-refractivity contribution in [2.45, 2.75) is 44.4 Å². The molecule has 1 saturated carbocycles. The molecule has 0 aromatic heterocycles. The predicted molar refractivity (Wildman–Crippen MR) is 68.6 cm³/mol. The van der Waals surface area contributed by atoms with E-state index in [4.69, 9.17) is 15.7 Å². The van der Waals surface area contributed by atoms with Crippen molar-refractivity contribution in [3.8, 4) is 0 Å². The number of alkyl halides is 3. The summed E-state index contributed by atoms with van der Waals surface area (Å²) < 4.78 is 43.4. The van der Waals surface area contributed by atoms with Gasteiger partial charge in [-0.25, -0.2) is 0 Å². The average Bonchev–Trinajstić information content (AvgIpc) is 2.41. The highest BCUT2D eigenvalue weighted by Gasteiger charge is 2.42. The van der Waals surface area contributed by atoms with E-state index in [1.54, 1.807) is 0 Å². The largest absolute Gasteiger partial charge is 0.409 e. The summed E-state index contributed by atoms with van der Waals surface area (Å²) in [6, 6.07) is 0. The zero-order valence-corrected chi connectivity index (χ0v) is 11.3. The topological polar surface area (TPSA) is 79.9 Å². The van der Waals surface area contributed by atoms with Gasteiger partial charge in [0, 0.05) is 13.1 Å². The zero-order chi connectivity index (χ0) is 15.0. The summed E-state index contributed by atoms with van der Waals surface area (Å²) in [5.74, 6) is -2.82. The Balaban J connectivity index is 2.20. The van der Waals surface area contributed by atoms with Crippen LogP contribution >= 0.6 is 0 Å². The van der Waals surface area contributed by atoms with E-state index in [-0.39, 0.29) is 6.10 Å². The maximum absolute atomic E-state index is 12.6. The zero-order valence-electron chi connectivity index (χ0n) is 11.3. The van der Waals surface area contributed by atoms with Gasteiger partial charge in [-0.3, -0.25) is 0 Å². The molecule has 1 unspecified atom stereocenters. The van der Waals surface area contributed by atoms with Crippen LogP contribution in [0.3, 0.4) is 0 Å². The molecular formula is C12H22F3N3O2. The maximum Gasteiger partial charge on any atom is 0.400 e. The number of ether oxygens (including phenoxy) is 1. The Kier molecular flexibility index (Phi) is 7.08. The van der Waals surface area contributed by atoms with Crippen LogP contribution in [0.1, 0.15) is 32.1 Å². The molecule has 1 aliphatic carbocycles. The van der Waals surface area contributed by atoms with E-state index in [2.05, 4.69) is 10.5 Å². The summed E-state index contributed by atoms with van der Waals surface area (Å²) in [6.45, 7) is 0.251. The molecule has 20 heavy (non-hydrogen) atoms. The fourth-order valence-corrected chi connectivity index (χ4v) is 2.23. The monoisotopic (exact) mass is 297 g/mol. The highest BCUT2D eigenvalue weighted by molar-refractivity contribution is 5.83. The van der Waals surface area contributed by atoms with Crippen molar-refractivity contribution in [3.63, 3.8) is 0 Å². The van der Waals surface area contributed by atoms with Gasteiger partial charge in [0.2, 0.25) is 0 Å². The lowest BCUT2D eigenvalue weighted by Gasteiger charge is -2.23. The minimum Gasteiger partial charge on any atom is -0.409 e. The highest BCUT2D eigenvalue weighted by atomic mass is 19.4. The summed E-state index contributed by atoms with van der Waals surface area (Å²) in [7, 11) is 0. The van der Waals surface area contributed by atoms with Crippen LogP contribution in [0, 0.1) is 5.92 Å². The Bertz CT molecular complexity index is 305. The first kappa shape index (κ1) is 17.0. The van der Waals surface area contributed by atoms with Crippen LogP contribution in [0.5, 0.6) is 0 Å². The molecule has 0 saturated heterocycles. The van der Waals surface area contributed by atoms with Crippen LogP contribution in [0.4, 0.5) is 13.2 Å². The predicted octanol–water partition coefficient (Wildman–Crippen LogP) is 1.85. The number of amidine groups is 1. The standard InChI is InChI=1S/C12H22F3N3O2/c13-12(14,15)10(11(16)18-19)8-17-6-7-20-9-4-2-1-3-5-9/h9-10,17,19H,1-8H2,(H2,16,18). The minimum absolute atomic E-state index is 0.230. The van der Waals surface area contributed by atoms with Gasteiger partial charge in [-0.15, -0.1) is 0 Å². The minimum atomic E-state index is -4.53. The second kappa shape index (κ2) is 8.31. The number of rotatable bonds is 7. The van der Waals surface area contributed by atoms with Gasteiger partial charge in [-0.05, 0) is 12.8 Å². The molecule has 1 atom stereocenters. The molecule has 0 aromatic carbocycles. The van der Waals surface area contributed by atoms with E-state index in [9.17, 15) is 13.2 Å². The maximum atomic E-state index is 12.6. The van der Waals surface area contributed by atoms with E-state index in [1.807, 2.05) is 0 Å². The van der Waals surface area contributed by atoms with Crippen LogP contribution < -0.4 is 11.1 Å². The van der Waals surface area contributed by atoms with Gasteiger partial charge in [0.1, 0.15) is 5.92 Å². The van der Waals surface area contributed by atoms with Crippen molar-refractivity contribution < 1.29 is 23.1 Å². The molecule has 0 radical (unpaired) electrons. The molecule has 1 fully saturated rings. The van der Waals surface area contributed by atoms with Gasteiger partial charge in [0.25, 0.3) is 0 Å². The molecule has 0 aliphatic heterocycles. The SMILES string of the molecule is NC(=NO)C(CNCCOC1CCCCC1)C(F)(F)F. The fraction of sp³-hybridized carbons (Fsp3) is 0.917. The van der Waals surface area contributed by atoms with Crippen LogP contribution in [0.15, 0.2) is 5.16 Å². The van der Waals surface area contributed by atoms with E-state index in [0.717, 1.165) is 25.7 Å². The van der Waals surface area contributed by atoms with Crippen LogP contribution in [0.25, 0.3) is 0 Å². The van der Waals surface area contributed by atoms with Gasteiger partial charge >= 0.3 is 6.18 Å². The number of nitrogens with two attached hydrogens (primary N) is 1. The summed E-state index contributed by atoms with van der Waals surface area (Å²) in [5, 5.41) is 13.4. The Morgan fingerprint density at radius 1 is 1.35 bits per heavy atom. The lowest BCUT2D eigenvalue weighted by Crippen LogP contribution is -2.43. The second-order valence-electron chi connectivity index (χ2n) is 4.95. The molecule has 1 aliphatic rings. The molecule has 118 valence electrons. The summed E-state index contributed by atoms with van der Waals surface area (Å²) >= 11 is 0. The number of nitrogens with one attached hydrogen (secondary N) is 1. The average molecular weight is 297 g/mol. The molecule has 0 spiro atoms. The van der Waals surface area contributed by atoms with Gasteiger partial charge in [-0.1, -0.05) is 24.4 Å². The van der Waals surface area contributed by atoms with Crippen LogP contribution in [-0.4, -0.2) is 43.0 Å². The number of hydrogen-bond donors (Lipinski definition) is 3. The summed E-state index contributed by atoms with van der Waals surface area (Å²) in [6.07, 6.45) is 1.27. The number of halogens is 3. The number of hydrogen-bond acceptors (Lipinski definition) is 4. The van der Waals surface area contributed by atoms with Crippen LogP contribution in [-0.2, 0) is 4.74 Å². The van der Waals surface area contributed by atoms with E-state index < -0.39 is 24.5 Å². The molecule has 0 bridgehead atoms.